The Hall–Kier alpha value is -2.15. The second-order valence-corrected chi connectivity index (χ2v) is 5.50. The monoisotopic (exact) mass is 347 g/mol. The molecule has 0 bridgehead atoms. The second kappa shape index (κ2) is 9.22. The van der Waals surface area contributed by atoms with E-state index in [1.807, 2.05) is 35.0 Å². The summed E-state index contributed by atoms with van der Waals surface area (Å²) in [4.78, 5) is 11.0. The first-order chi connectivity index (χ1) is 11.7. The normalized spacial score (nSPS) is 11.7. The third kappa shape index (κ3) is 4.92. The summed E-state index contributed by atoms with van der Waals surface area (Å²) >= 11 is 1.57. The molecule has 2 rings (SSSR count). The summed E-state index contributed by atoms with van der Waals surface area (Å²) in [7, 11) is 0. The van der Waals surface area contributed by atoms with Gasteiger partial charge in [-0.25, -0.2) is 0 Å². The highest BCUT2D eigenvalue weighted by Crippen LogP contribution is 2.33. The standard InChI is InChI=1S/C18H20O5S/c1-3-21-18(22-4-2)16(11-17(19)20)23-15-8-6-5-7-14(15)13-9-10-24-12-13/h5-12,18H,3-4H2,1-2H3,(H,19,20)/p-1/b16-11-. The number of carboxylic acids is 1. The third-order valence-electron chi connectivity index (χ3n) is 3.08. The number of aliphatic carboxylic acids is 1. The lowest BCUT2D eigenvalue weighted by molar-refractivity contribution is -0.297. The molecule has 0 saturated carbocycles. The van der Waals surface area contributed by atoms with Crippen LogP contribution in [0, 0.1) is 0 Å². The zero-order chi connectivity index (χ0) is 17.4. The van der Waals surface area contributed by atoms with E-state index in [1.165, 1.54) is 0 Å². The molecule has 0 spiro atoms. The predicted octanol–water partition coefficient (Wildman–Crippen LogP) is 2.83. The van der Waals surface area contributed by atoms with E-state index < -0.39 is 12.3 Å². The van der Waals surface area contributed by atoms with Crippen LogP contribution < -0.4 is 9.84 Å². The van der Waals surface area contributed by atoms with Crippen molar-refractivity contribution >= 4 is 17.3 Å². The lowest BCUT2D eigenvalue weighted by Crippen LogP contribution is -2.27. The number of benzene rings is 1. The van der Waals surface area contributed by atoms with Crippen LogP contribution in [0.4, 0.5) is 0 Å². The predicted molar refractivity (Wildman–Crippen MR) is 90.5 cm³/mol. The molecule has 0 radical (unpaired) electrons. The van der Waals surface area contributed by atoms with Crippen molar-refractivity contribution < 1.29 is 24.1 Å². The maximum Gasteiger partial charge on any atom is 0.217 e. The number of hydrogen-bond acceptors (Lipinski definition) is 6. The Kier molecular flexibility index (Phi) is 6.99. The highest BCUT2D eigenvalue weighted by atomic mass is 32.1. The molecule has 0 aliphatic carbocycles. The van der Waals surface area contributed by atoms with Gasteiger partial charge in [-0.05, 0) is 42.3 Å². The van der Waals surface area contributed by atoms with Crippen molar-refractivity contribution in [3.05, 3.63) is 52.9 Å². The van der Waals surface area contributed by atoms with Gasteiger partial charge in [0.15, 0.2) is 5.76 Å². The summed E-state index contributed by atoms with van der Waals surface area (Å²) in [5.41, 5.74) is 1.85. The van der Waals surface area contributed by atoms with Gasteiger partial charge in [-0.1, -0.05) is 18.2 Å². The van der Waals surface area contributed by atoms with Gasteiger partial charge in [-0.15, -0.1) is 0 Å². The number of carbonyl (C=O) groups excluding carboxylic acids is 1. The highest BCUT2D eigenvalue weighted by molar-refractivity contribution is 7.08. The average Bonchev–Trinajstić information content (AvgIpc) is 3.08. The summed E-state index contributed by atoms with van der Waals surface area (Å²) in [6.45, 7) is 4.29. The SMILES string of the molecule is CCOC(OCC)/C(=C/C(=O)[O-])Oc1ccccc1-c1ccsc1. The van der Waals surface area contributed by atoms with Crippen LogP contribution in [0.3, 0.4) is 0 Å². The largest absolute Gasteiger partial charge is 0.545 e. The molecule has 0 saturated heterocycles. The maximum atomic E-state index is 11.0. The maximum absolute atomic E-state index is 11.0. The molecule has 6 heteroatoms. The van der Waals surface area contributed by atoms with E-state index in [4.69, 9.17) is 14.2 Å². The van der Waals surface area contributed by atoms with Crippen LogP contribution in [-0.2, 0) is 14.3 Å². The molecular weight excluding hydrogens is 328 g/mol. The Balaban J connectivity index is 2.35. The first kappa shape index (κ1) is 18.2. The van der Waals surface area contributed by atoms with Gasteiger partial charge in [0.05, 0.1) is 5.97 Å². The highest BCUT2D eigenvalue weighted by Gasteiger charge is 2.19. The molecule has 0 fully saturated rings. The van der Waals surface area contributed by atoms with Crippen molar-refractivity contribution in [2.75, 3.05) is 13.2 Å². The van der Waals surface area contributed by atoms with Crippen LogP contribution in [0.25, 0.3) is 11.1 Å². The van der Waals surface area contributed by atoms with Crippen molar-refractivity contribution in [3.8, 4) is 16.9 Å². The number of para-hydroxylation sites is 1. The van der Waals surface area contributed by atoms with E-state index in [0.29, 0.717) is 19.0 Å². The first-order valence-electron chi connectivity index (χ1n) is 7.60. The molecule has 1 aromatic heterocycles. The topological polar surface area (TPSA) is 67.8 Å². The lowest BCUT2D eigenvalue weighted by Gasteiger charge is -2.22. The molecule has 24 heavy (non-hydrogen) atoms. The fourth-order valence-electron chi connectivity index (χ4n) is 2.12. The fourth-order valence-corrected chi connectivity index (χ4v) is 2.77. The molecule has 0 aliphatic heterocycles. The molecule has 128 valence electrons. The van der Waals surface area contributed by atoms with Crippen LogP contribution in [0.2, 0.25) is 0 Å². The Morgan fingerprint density at radius 2 is 1.92 bits per heavy atom. The summed E-state index contributed by atoms with van der Waals surface area (Å²) in [6, 6.07) is 9.36. The molecule has 0 atom stereocenters. The van der Waals surface area contributed by atoms with Crippen LogP contribution >= 0.6 is 11.3 Å². The van der Waals surface area contributed by atoms with E-state index in [-0.39, 0.29) is 5.76 Å². The van der Waals surface area contributed by atoms with Gasteiger partial charge in [-0.2, -0.15) is 11.3 Å². The van der Waals surface area contributed by atoms with Crippen molar-refractivity contribution in [1.82, 2.24) is 0 Å². The summed E-state index contributed by atoms with van der Waals surface area (Å²) < 4.78 is 16.7. The van der Waals surface area contributed by atoms with E-state index in [9.17, 15) is 9.90 Å². The second-order valence-electron chi connectivity index (χ2n) is 4.72. The quantitative estimate of drug-likeness (QED) is 0.396. The lowest BCUT2D eigenvalue weighted by atomic mass is 10.1. The molecule has 0 aliphatic rings. The Labute approximate surface area is 145 Å². The van der Waals surface area contributed by atoms with Crippen molar-refractivity contribution in [2.45, 2.75) is 20.1 Å². The summed E-state index contributed by atoms with van der Waals surface area (Å²) in [5, 5.41) is 15.0. The van der Waals surface area contributed by atoms with Gasteiger partial charge in [-0.3, -0.25) is 0 Å². The number of rotatable bonds is 9. The molecule has 2 aromatic rings. The summed E-state index contributed by atoms with van der Waals surface area (Å²) in [6.07, 6.45) is -0.0474. The smallest absolute Gasteiger partial charge is 0.217 e. The number of thiophene rings is 1. The molecule has 0 amide bonds. The molecule has 0 unspecified atom stereocenters. The fraction of sp³-hybridized carbons (Fsp3) is 0.278. The zero-order valence-electron chi connectivity index (χ0n) is 13.6. The van der Waals surface area contributed by atoms with Gasteiger partial charge in [0, 0.05) is 24.9 Å². The van der Waals surface area contributed by atoms with Gasteiger partial charge >= 0.3 is 0 Å². The minimum absolute atomic E-state index is 0.0429. The minimum Gasteiger partial charge on any atom is -0.545 e. The van der Waals surface area contributed by atoms with Crippen LogP contribution in [-0.4, -0.2) is 25.5 Å². The first-order valence-corrected chi connectivity index (χ1v) is 8.55. The number of ether oxygens (including phenoxy) is 3. The molecule has 1 aromatic carbocycles. The van der Waals surface area contributed by atoms with Crippen molar-refractivity contribution in [2.24, 2.45) is 0 Å². The Morgan fingerprint density at radius 3 is 2.50 bits per heavy atom. The number of carboxylic acid groups (broad SMARTS) is 1. The van der Waals surface area contributed by atoms with Crippen LogP contribution in [0.5, 0.6) is 5.75 Å². The molecule has 1 heterocycles. The van der Waals surface area contributed by atoms with E-state index in [1.54, 1.807) is 31.3 Å². The van der Waals surface area contributed by atoms with Crippen molar-refractivity contribution in [3.63, 3.8) is 0 Å². The Bertz CT molecular complexity index is 672. The zero-order valence-corrected chi connectivity index (χ0v) is 14.4. The Morgan fingerprint density at radius 1 is 1.21 bits per heavy atom. The number of carbonyl (C=O) groups is 1. The van der Waals surface area contributed by atoms with E-state index >= 15 is 0 Å². The van der Waals surface area contributed by atoms with Crippen LogP contribution in [0.1, 0.15) is 13.8 Å². The van der Waals surface area contributed by atoms with E-state index in [0.717, 1.165) is 17.2 Å². The number of hydrogen-bond donors (Lipinski definition) is 0. The van der Waals surface area contributed by atoms with Gasteiger partial charge in [0.2, 0.25) is 6.29 Å². The van der Waals surface area contributed by atoms with Crippen LogP contribution in [0.15, 0.2) is 52.9 Å². The van der Waals surface area contributed by atoms with Gasteiger partial charge < -0.3 is 24.1 Å². The minimum atomic E-state index is -1.37. The molecule has 0 N–H and O–H groups in total. The molecular formula is C18H19O5S-. The van der Waals surface area contributed by atoms with Crippen molar-refractivity contribution in [1.29, 1.82) is 0 Å². The third-order valence-corrected chi connectivity index (χ3v) is 3.76. The summed E-state index contributed by atoms with van der Waals surface area (Å²) in [5.74, 6) is -0.809. The van der Waals surface area contributed by atoms with E-state index in [2.05, 4.69) is 0 Å². The molecule has 5 nitrogen and oxygen atoms in total. The van der Waals surface area contributed by atoms with Gasteiger partial charge in [0.1, 0.15) is 5.75 Å². The van der Waals surface area contributed by atoms with Gasteiger partial charge in [0.25, 0.3) is 0 Å². The average molecular weight is 347 g/mol.